The number of fused-ring (bicyclic) bond motifs is 1. The van der Waals surface area contributed by atoms with Gasteiger partial charge in [0.25, 0.3) is 5.91 Å². The molecular formula is C21H20N6O2. The molecule has 0 spiro atoms. The quantitative estimate of drug-likeness (QED) is 0.715. The topological polar surface area (TPSA) is 102 Å². The first-order chi connectivity index (χ1) is 14.2. The predicted molar refractivity (Wildman–Crippen MR) is 107 cm³/mol. The highest BCUT2D eigenvalue weighted by Crippen LogP contribution is 2.36. The number of amides is 2. The molecular weight excluding hydrogens is 368 g/mol. The number of nitrogens with one attached hydrogen (secondary N) is 2. The van der Waals surface area contributed by atoms with E-state index in [0.717, 1.165) is 42.5 Å². The molecule has 1 aromatic heterocycles. The summed E-state index contributed by atoms with van der Waals surface area (Å²) in [6.45, 7) is 0. The zero-order valence-corrected chi connectivity index (χ0v) is 15.8. The summed E-state index contributed by atoms with van der Waals surface area (Å²) >= 11 is 0. The first-order valence-electron chi connectivity index (χ1n) is 9.80. The molecule has 2 aliphatic rings. The number of rotatable bonds is 4. The third-order valence-corrected chi connectivity index (χ3v) is 5.26. The van der Waals surface area contributed by atoms with Gasteiger partial charge < -0.3 is 10.6 Å². The first-order valence-corrected chi connectivity index (χ1v) is 9.80. The van der Waals surface area contributed by atoms with Gasteiger partial charge >= 0.3 is 0 Å². The van der Waals surface area contributed by atoms with Gasteiger partial charge in [0.05, 0.1) is 6.04 Å². The molecule has 146 valence electrons. The average Bonchev–Trinajstić information content (AvgIpc) is 3.48. The van der Waals surface area contributed by atoms with E-state index in [1.165, 1.54) is 0 Å². The van der Waals surface area contributed by atoms with E-state index in [0.29, 0.717) is 29.5 Å². The van der Waals surface area contributed by atoms with E-state index in [1.807, 2.05) is 35.0 Å². The molecule has 8 nitrogen and oxygen atoms in total. The van der Waals surface area contributed by atoms with Crippen LogP contribution in [0, 0.1) is 0 Å². The fraction of sp³-hybridized carbons (Fsp3) is 0.286. The van der Waals surface area contributed by atoms with E-state index in [2.05, 4.69) is 26.2 Å². The first kappa shape index (κ1) is 17.5. The van der Waals surface area contributed by atoms with Gasteiger partial charge in [0.1, 0.15) is 0 Å². The van der Waals surface area contributed by atoms with Crippen LogP contribution in [-0.4, -0.2) is 32.0 Å². The Labute approximate surface area is 167 Å². The zero-order chi connectivity index (χ0) is 19.8. The van der Waals surface area contributed by atoms with Crippen LogP contribution in [0.4, 0.5) is 11.4 Å². The van der Waals surface area contributed by atoms with Crippen LogP contribution >= 0.6 is 0 Å². The summed E-state index contributed by atoms with van der Waals surface area (Å²) in [5.74, 6) is 0.540. The summed E-state index contributed by atoms with van der Waals surface area (Å²) in [6.07, 6.45) is 4.24. The highest BCUT2D eigenvalue weighted by atomic mass is 16.2. The molecule has 2 heterocycles. The maximum Gasteiger partial charge on any atom is 0.255 e. The van der Waals surface area contributed by atoms with Crippen molar-refractivity contribution < 1.29 is 9.59 Å². The molecule has 0 bridgehead atoms. The molecule has 1 aliphatic carbocycles. The fourth-order valence-electron chi connectivity index (χ4n) is 3.60. The van der Waals surface area contributed by atoms with Crippen LogP contribution in [0.5, 0.6) is 0 Å². The number of hydrogen-bond acceptors (Lipinski definition) is 5. The molecule has 0 unspecified atom stereocenters. The van der Waals surface area contributed by atoms with Gasteiger partial charge in [-0.1, -0.05) is 12.1 Å². The second kappa shape index (κ2) is 7.12. The lowest BCUT2D eigenvalue weighted by Crippen LogP contribution is -2.13. The Morgan fingerprint density at radius 1 is 1.14 bits per heavy atom. The van der Waals surface area contributed by atoms with Crippen molar-refractivity contribution in [3.63, 3.8) is 0 Å². The van der Waals surface area contributed by atoms with E-state index in [1.54, 1.807) is 12.1 Å². The number of tetrazole rings is 1. The lowest BCUT2D eigenvalue weighted by atomic mass is 10.0. The summed E-state index contributed by atoms with van der Waals surface area (Å²) in [6, 6.07) is 13.3. The van der Waals surface area contributed by atoms with Crippen LogP contribution < -0.4 is 10.6 Å². The monoisotopic (exact) mass is 388 g/mol. The molecule has 0 saturated heterocycles. The normalized spacial score (nSPS) is 15.9. The van der Waals surface area contributed by atoms with Gasteiger partial charge in [-0.05, 0) is 72.0 Å². The van der Waals surface area contributed by atoms with Crippen molar-refractivity contribution in [3.05, 3.63) is 53.6 Å². The van der Waals surface area contributed by atoms with Gasteiger partial charge in [0, 0.05) is 28.9 Å². The lowest BCUT2D eigenvalue weighted by Gasteiger charge is -2.11. The Morgan fingerprint density at radius 3 is 2.90 bits per heavy atom. The molecule has 0 atom stereocenters. The van der Waals surface area contributed by atoms with E-state index >= 15 is 0 Å². The van der Waals surface area contributed by atoms with Gasteiger partial charge in [-0.3, -0.25) is 9.59 Å². The van der Waals surface area contributed by atoms with Gasteiger partial charge in [0.2, 0.25) is 5.91 Å². The van der Waals surface area contributed by atoms with E-state index in [-0.39, 0.29) is 11.8 Å². The molecule has 2 N–H and O–H groups in total. The summed E-state index contributed by atoms with van der Waals surface area (Å²) < 4.78 is 1.85. The van der Waals surface area contributed by atoms with Crippen LogP contribution in [0.3, 0.4) is 0 Å². The van der Waals surface area contributed by atoms with Crippen molar-refractivity contribution in [2.75, 3.05) is 10.6 Å². The number of aryl methyl sites for hydroxylation is 1. The van der Waals surface area contributed by atoms with Gasteiger partial charge in [-0.2, -0.15) is 0 Å². The van der Waals surface area contributed by atoms with Crippen molar-refractivity contribution in [2.24, 2.45) is 0 Å². The van der Waals surface area contributed by atoms with Gasteiger partial charge in [0.15, 0.2) is 5.82 Å². The Balaban J connectivity index is 1.37. The van der Waals surface area contributed by atoms with Gasteiger partial charge in [-0.15, -0.1) is 5.10 Å². The van der Waals surface area contributed by atoms with Crippen LogP contribution in [0.1, 0.15) is 47.6 Å². The molecule has 8 heteroatoms. The Bertz CT molecular complexity index is 1100. The number of nitrogens with zero attached hydrogens (tertiary/aromatic N) is 4. The van der Waals surface area contributed by atoms with Crippen molar-refractivity contribution >= 4 is 23.2 Å². The highest BCUT2D eigenvalue weighted by Gasteiger charge is 2.28. The minimum atomic E-state index is -0.192. The summed E-state index contributed by atoms with van der Waals surface area (Å²) in [5.41, 5.74) is 3.89. The summed E-state index contributed by atoms with van der Waals surface area (Å²) in [5, 5.41) is 17.9. The summed E-state index contributed by atoms with van der Waals surface area (Å²) in [7, 11) is 0. The number of carbonyl (C=O) groups excluding carboxylic acids is 2. The Morgan fingerprint density at radius 2 is 2.03 bits per heavy atom. The Kier molecular flexibility index (Phi) is 4.31. The molecule has 2 amide bonds. The SMILES string of the molecule is O=C1CCCc2cc(C(=O)Nc3cccc(-c4nnnn4C4CC4)c3)ccc2N1. The molecule has 29 heavy (non-hydrogen) atoms. The fourth-order valence-corrected chi connectivity index (χ4v) is 3.60. The predicted octanol–water partition coefficient (Wildman–Crippen LogP) is 3.20. The maximum atomic E-state index is 12.8. The van der Waals surface area contributed by atoms with Crippen LogP contribution in [0.25, 0.3) is 11.4 Å². The lowest BCUT2D eigenvalue weighted by molar-refractivity contribution is -0.116. The number of aromatic nitrogens is 4. The molecule has 1 saturated carbocycles. The van der Waals surface area contributed by atoms with Crippen molar-refractivity contribution in [3.8, 4) is 11.4 Å². The average molecular weight is 388 g/mol. The van der Waals surface area contributed by atoms with Crippen LogP contribution in [0.15, 0.2) is 42.5 Å². The standard InChI is InChI=1S/C21H20N6O2/c28-19-6-2-3-13-11-15(7-10-18(13)23-19)21(29)22-16-5-1-4-14(12-16)20-24-25-26-27(20)17-8-9-17/h1,4-5,7,10-12,17H,2-3,6,8-9H2,(H,22,29)(H,23,28). The molecule has 1 aliphatic heterocycles. The smallest absolute Gasteiger partial charge is 0.255 e. The van der Waals surface area contributed by atoms with E-state index in [4.69, 9.17) is 0 Å². The Hall–Kier alpha value is -3.55. The third-order valence-electron chi connectivity index (χ3n) is 5.26. The largest absolute Gasteiger partial charge is 0.326 e. The van der Waals surface area contributed by atoms with E-state index in [9.17, 15) is 9.59 Å². The van der Waals surface area contributed by atoms with Crippen molar-refractivity contribution in [2.45, 2.75) is 38.1 Å². The second-order valence-electron chi connectivity index (χ2n) is 7.49. The number of carbonyl (C=O) groups is 2. The molecule has 5 rings (SSSR count). The molecule has 3 aromatic rings. The minimum Gasteiger partial charge on any atom is -0.326 e. The van der Waals surface area contributed by atoms with E-state index < -0.39 is 0 Å². The van der Waals surface area contributed by atoms with Crippen molar-refractivity contribution in [1.29, 1.82) is 0 Å². The number of benzene rings is 2. The highest BCUT2D eigenvalue weighted by molar-refractivity contribution is 6.05. The van der Waals surface area contributed by atoms with Crippen molar-refractivity contribution in [1.82, 2.24) is 20.2 Å². The van der Waals surface area contributed by atoms with Crippen LogP contribution in [-0.2, 0) is 11.2 Å². The second-order valence-corrected chi connectivity index (χ2v) is 7.49. The molecule has 0 radical (unpaired) electrons. The van der Waals surface area contributed by atoms with Crippen LogP contribution in [0.2, 0.25) is 0 Å². The number of hydrogen-bond donors (Lipinski definition) is 2. The molecule has 2 aromatic carbocycles. The minimum absolute atomic E-state index is 0.0197. The third kappa shape index (κ3) is 3.61. The maximum absolute atomic E-state index is 12.8. The number of anilines is 2. The molecule has 1 fully saturated rings. The van der Waals surface area contributed by atoms with Gasteiger partial charge in [-0.25, -0.2) is 4.68 Å². The zero-order valence-electron chi connectivity index (χ0n) is 15.8. The summed E-state index contributed by atoms with van der Waals surface area (Å²) in [4.78, 5) is 24.5.